The van der Waals surface area contributed by atoms with Crippen LogP contribution in [0.15, 0.2) is 23.5 Å². The number of hydrogen-bond acceptors (Lipinski definition) is 4. The minimum atomic E-state index is 0.0408. The van der Waals surface area contributed by atoms with Gasteiger partial charge in [0.2, 0.25) is 0 Å². The molecule has 0 radical (unpaired) electrons. The molecule has 106 valence electrons. The predicted molar refractivity (Wildman–Crippen MR) is 78.8 cm³/mol. The second-order valence-electron chi connectivity index (χ2n) is 4.88. The van der Waals surface area contributed by atoms with E-state index >= 15 is 0 Å². The van der Waals surface area contributed by atoms with E-state index in [1.807, 2.05) is 12.1 Å². The van der Waals surface area contributed by atoms with Crippen molar-refractivity contribution in [3.05, 3.63) is 24.0 Å². The highest BCUT2D eigenvalue weighted by Crippen LogP contribution is 2.18. The van der Waals surface area contributed by atoms with Crippen molar-refractivity contribution in [2.45, 2.75) is 46.1 Å². The average molecular weight is 264 g/mol. The van der Waals surface area contributed by atoms with Gasteiger partial charge in [-0.1, -0.05) is 24.9 Å². The van der Waals surface area contributed by atoms with Gasteiger partial charge in [-0.15, -0.1) is 0 Å². The second-order valence-corrected chi connectivity index (χ2v) is 4.88. The molecule has 0 aliphatic heterocycles. The van der Waals surface area contributed by atoms with Crippen LogP contribution in [0.2, 0.25) is 0 Å². The van der Waals surface area contributed by atoms with Crippen LogP contribution in [0, 0.1) is 0 Å². The zero-order valence-corrected chi connectivity index (χ0v) is 12.0. The van der Waals surface area contributed by atoms with Crippen LogP contribution in [0.3, 0.4) is 0 Å². The second kappa shape index (κ2) is 7.61. The van der Waals surface area contributed by atoms with E-state index in [4.69, 9.17) is 10.9 Å². The zero-order chi connectivity index (χ0) is 14.3. The lowest BCUT2D eigenvalue weighted by atomic mass is 10.2. The molecule has 0 amide bonds. The van der Waals surface area contributed by atoms with Crippen molar-refractivity contribution < 1.29 is 5.21 Å². The number of pyridine rings is 1. The Morgan fingerprint density at radius 2 is 2.21 bits per heavy atom. The van der Waals surface area contributed by atoms with E-state index in [2.05, 4.69) is 35.8 Å². The van der Waals surface area contributed by atoms with Gasteiger partial charge in [0.25, 0.3) is 0 Å². The molecule has 0 fully saturated rings. The van der Waals surface area contributed by atoms with Gasteiger partial charge in [-0.3, -0.25) is 4.98 Å². The van der Waals surface area contributed by atoms with Gasteiger partial charge in [0, 0.05) is 24.5 Å². The van der Waals surface area contributed by atoms with Crippen LogP contribution in [0.1, 0.15) is 45.7 Å². The number of amidine groups is 1. The molecule has 5 nitrogen and oxygen atoms in total. The van der Waals surface area contributed by atoms with E-state index < -0.39 is 0 Å². The number of nitrogens with zero attached hydrogens (tertiary/aromatic N) is 3. The number of rotatable bonds is 7. The van der Waals surface area contributed by atoms with Gasteiger partial charge >= 0.3 is 0 Å². The van der Waals surface area contributed by atoms with Gasteiger partial charge in [0.05, 0.1) is 0 Å². The zero-order valence-electron chi connectivity index (χ0n) is 12.0. The molecule has 0 aromatic carbocycles. The Morgan fingerprint density at radius 1 is 1.47 bits per heavy atom. The molecule has 1 aromatic heterocycles. The van der Waals surface area contributed by atoms with Gasteiger partial charge in [0.15, 0.2) is 5.84 Å². The molecule has 1 rings (SSSR count). The fraction of sp³-hybridized carbons (Fsp3) is 0.571. The highest BCUT2D eigenvalue weighted by molar-refractivity contribution is 5.95. The highest BCUT2D eigenvalue weighted by Gasteiger charge is 2.12. The molecule has 0 atom stereocenters. The van der Waals surface area contributed by atoms with Crippen LogP contribution < -0.4 is 10.6 Å². The molecule has 1 heterocycles. The van der Waals surface area contributed by atoms with Gasteiger partial charge in [-0.2, -0.15) is 0 Å². The lowest BCUT2D eigenvalue weighted by molar-refractivity contribution is 0.318. The SMILES string of the molecule is CCCCCN(c1ccnc(/C(N)=N/O)c1)C(C)C. The first-order valence-corrected chi connectivity index (χ1v) is 6.80. The van der Waals surface area contributed by atoms with Gasteiger partial charge in [-0.25, -0.2) is 0 Å². The maximum atomic E-state index is 8.71. The average Bonchev–Trinajstić information content (AvgIpc) is 2.42. The molecule has 1 aromatic rings. The molecule has 0 saturated heterocycles. The van der Waals surface area contributed by atoms with E-state index in [0.717, 1.165) is 18.7 Å². The summed E-state index contributed by atoms with van der Waals surface area (Å²) in [5.74, 6) is 0.0408. The smallest absolute Gasteiger partial charge is 0.188 e. The number of aromatic nitrogens is 1. The van der Waals surface area contributed by atoms with Crippen LogP contribution in [0.5, 0.6) is 0 Å². The molecule has 0 aliphatic carbocycles. The fourth-order valence-corrected chi connectivity index (χ4v) is 2.01. The number of hydrogen-bond donors (Lipinski definition) is 2. The fourth-order valence-electron chi connectivity index (χ4n) is 2.01. The predicted octanol–water partition coefficient (Wildman–Crippen LogP) is 2.58. The molecular formula is C14H24N4O. The van der Waals surface area contributed by atoms with Crippen molar-refractivity contribution in [3.8, 4) is 0 Å². The normalized spacial score (nSPS) is 11.9. The van der Waals surface area contributed by atoms with E-state index in [1.54, 1.807) is 6.20 Å². The highest BCUT2D eigenvalue weighted by atomic mass is 16.4. The maximum Gasteiger partial charge on any atom is 0.188 e. The van der Waals surface area contributed by atoms with Crippen molar-refractivity contribution in [2.24, 2.45) is 10.9 Å². The molecule has 0 saturated carbocycles. The van der Waals surface area contributed by atoms with E-state index in [9.17, 15) is 0 Å². The Balaban J connectivity index is 2.90. The van der Waals surface area contributed by atoms with Crippen molar-refractivity contribution >= 4 is 11.5 Å². The van der Waals surface area contributed by atoms with Gasteiger partial charge < -0.3 is 15.8 Å². The summed E-state index contributed by atoms with van der Waals surface area (Å²) in [6.07, 6.45) is 5.28. The first kappa shape index (κ1) is 15.3. The molecule has 3 N–H and O–H groups in total. The van der Waals surface area contributed by atoms with Gasteiger partial charge in [-0.05, 0) is 32.4 Å². The summed E-state index contributed by atoms with van der Waals surface area (Å²) in [7, 11) is 0. The monoisotopic (exact) mass is 264 g/mol. The van der Waals surface area contributed by atoms with Crippen LogP contribution >= 0.6 is 0 Å². The summed E-state index contributed by atoms with van der Waals surface area (Å²) < 4.78 is 0. The van der Waals surface area contributed by atoms with Crippen molar-refractivity contribution in [1.29, 1.82) is 0 Å². The van der Waals surface area contributed by atoms with E-state index in [-0.39, 0.29) is 5.84 Å². The maximum absolute atomic E-state index is 8.71. The standard InChI is InChI=1S/C14H24N4O/c1-4-5-6-9-18(11(2)3)12-7-8-16-13(10-12)14(15)17-19/h7-8,10-11,19H,4-6,9H2,1-3H3,(H2,15,17). The summed E-state index contributed by atoms with van der Waals surface area (Å²) in [6, 6.07) is 4.22. The first-order valence-electron chi connectivity index (χ1n) is 6.80. The Morgan fingerprint density at radius 3 is 2.79 bits per heavy atom. The topological polar surface area (TPSA) is 74.7 Å². The summed E-state index contributed by atoms with van der Waals surface area (Å²) in [4.78, 5) is 6.42. The third kappa shape index (κ3) is 4.43. The summed E-state index contributed by atoms with van der Waals surface area (Å²) in [5.41, 5.74) is 7.14. The molecular weight excluding hydrogens is 240 g/mol. The van der Waals surface area contributed by atoms with E-state index in [0.29, 0.717) is 11.7 Å². The van der Waals surface area contributed by atoms with Crippen molar-refractivity contribution in [1.82, 2.24) is 4.98 Å². The minimum absolute atomic E-state index is 0.0408. The lowest BCUT2D eigenvalue weighted by Crippen LogP contribution is -2.32. The van der Waals surface area contributed by atoms with Gasteiger partial charge in [0.1, 0.15) is 5.69 Å². The number of unbranched alkanes of at least 4 members (excludes halogenated alkanes) is 2. The lowest BCUT2D eigenvalue weighted by Gasteiger charge is -2.29. The Bertz CT molecular complexity index is 418. The van der Waals surface area contributed by atoms with Crippen LogP contribution in [0.4, 0.5) is 5.69 Å². The number of oxime groups is 1. The Kier molecular flexibility index (Phi) is 6.12. The van der Waals surface area contributed by atoms with Crippen molar-refractivity contribution in [3.63, 3.8) is 0 Å². The van der Waals surface area contributed by atoms with Crippen LogP contribution in [-0.2, 0) is 0 Å². The number of anilines is 1. The number of nitrogens with two attached hydrogens (primary N) is 1. The Labute approximate surface area is 115 Å². The molecule has 19 heavy (non-hydrogen) atoms. The molecule has 5 heteroatoms. The first-order chi connectivity index (χ1) is 9.10. The minimum Gasteiger partial charge on any atom is -0.409 e. The van der Waals surface area contributed by atoms with Crippen LogP contribution in [0.25, 0.3) is 0 Å². The summed E-state index contributed by atoms with van der Waals surface area (Å²) in [6.45, 7) is 7.53. The molecule has 0 spiro atoms. The van der Waals surface area contributed by atoms with Crippen molar-refractivity contribution in [2.75, 3.05) is 11.4 Å². The third-order valence-electron chi connectivity index (χ3n) is 3.07. The molecule has 0 aliphatic rings. The summed E-state index contributed by atoms with van der Waals surface area (Å²) in [5, 5.41) is 11.7. The molecule has 0 bridgehead atoms. The summed E-state index contributed by atoms with van der Waals surface area (Å²) >= 11 is 0. The van der Waals surface area contributed by atoms with Crippen LogP contribution in [-0.4, -0.2) is 28.6 Å². The largest absolute Gasteiger partial charge is 0.409 e. The third-order valence-corrected chi connectivity index (χ3v) is 3.07. The Hall–Kier alpha value is -1.78. The van der Waals surface area contributed by atoms with E-state index in [1.165, 1.54) is 12.8 Å². The molecule has 0 unspecified atom stereocenters. The quantitative estimate of drug-likeness (QED) is 0.261.